The van der Waals surface area contributed by atoms with Gasteiger partial charge in [0.25, 0.3) is 5.56 Å². The minimum absolute atomic E-state index is 0.324. The third kappa shape index (κ3) is 3.22. The van der Waals surface area contributed by atoms with Crippen molar-refractivity contribution in [2.75, 3.05) is 5.32 Å². The van der Waals surface area contributed by atoms with Crippen molar-refractivity contribution < 1.29 is 5.11 Å². The molecule has 3 heterocycles. The summed E-state index contributed by atoms with van der Waals surface area (Å²) >= 11 is 6.35. The second-order valence-corrected chi connectivity index (χ2v) is 7.64. The molecule has 0 bridgehead atoms. The highest BCUT2D eigenvalue weighted by atomic mass is 35.5. The zero-order valence-electron chi connectivity index (χ0n) is 16.4. The molecule has 0 aliphatic heterocycles. The van der Waals surface area contributed by atoms with Crippen LogP contribution in [-0.2, 0) is 5.72 Å². The first-order chi connectivity index (χ1) is 15.0. The maximum absolute atomic E-state index is 13.5. The molecule has 1 atom stereocenters. The third-order valence-electron chi connectivity index (χ3n) is 5.09. The van der Waals surface area contributed by atoms with E-state index in [0.29, 0.717) is 44.2 Å². The van der Waals surface area contributed by atoms with Gasteiger partial charge in [-0.15, -0.1) is 0 Å². The van der Waals surface area contributed by atoms with E-state index < -0.39 is 5.72 Å². The summed E-state index contributed by atoms with van der Waals surface area (Å²) in [5.74, 6) is 0.353. The number of pyridine rings is 1. The van der Waals surface area contributed by atoms with Crippen LogP contribution in [0.25, 0.3) is 27.6 Å². The van der Waals surface area contributed by atoms with Gasteiger partial charge in [-0.3, -0.25) is 9.36 Å². The summed E-state index contributed by atoms with van der Waals surface area (Å²) in [7, 11) is 0. The second-order valence-electron chi connectivity index (χ2n) is 7.23. The quantitative estimate of drug-likeness (QED) is 0.374. The Morgan fingerprint density at radius 2 is 1.90 bits per heavy atom. The van der Waals surface area contributed by atoms with Gasteiger partial charge in [0.15, 0.2) is 17.2 Å². The Morgan fingerprint density at radius 3 is 2.71 bits per heavy atom. The van der Waals surface area contributed by atoms with Crippen LogP contribution in [0.4, 0.5) is 5.82 Å². The fraction of sp³-hybridized carbons (Fsp3) is 0.0909. The molecule has 0 saturated heterocycles. The number of aliphatic hydroxyl groups is 1. The fourth-order valence-electron chi connectivity index (χ4n) is 3.67. The minimum Gasteiger partial charge on any atom is -0.366 e. The molecular formula is C22H17ClN6O2. The lowest BCUT2D eigenvalue weighted by Gasteiger charge is -2.29. The summed E-state index contributed by atoms with van der Waals surface area (Å²) in [6.07, 6.45) is 2.85. The Labute approximate surface area is 181 Å². The van der Waals surface area contributed by atoms with Crippen molar-refractivity contribution in [1.29, 1.82) is 0 Å². The van der Waals surface area contributed by atoms with Crippen LogP contribution in [-0.4, -0.2) is 29.6 Å². The number of aromatic amines is 1. The first-order valence-corrected chi connectivity index (χ1v) is 9.88. The van der Waals surface area contributed by atoms with E-state index in [-0.39, 0.29) is 5.56 Å². The predicted octanol–water partition coefficient (Wildman–Crippen LogP) is 3.59. The first-order valence-electron chi connectivity index (χ1n) is 9.50. The first kappa shape index (κ1) is 19.2. The Bertz CT molecular complexity index is 1480. The van der Waals surface area contributed by atoms with Gasteiger partial charge < -0.3 is 15.4 Å². The van der Waals surface area contributed by atoms with E-state index in [0.717, 1.165) is 0 Å². The van der Waals surface area contributed by atoms with Crippen molar-refractivity contribution in [3.63, 3.8) is 0 Å². The maximum atomic E-state index is 13.5. The minimum atomic E-state index is -1.68. The Kier molecular flexibility index (Phi) is 4.46. The fourth-order valence-corrected chi connectivity index (χ4v) is 3.93. The van der Waals surface area contributed by atoms with Crippen LogP contribution in [0.3, 0.4) is 0 Å². The topological polar surface area (TPSA) is 109 Å². The van der Waals surface area contributed by atoms with E-state index in [9.17, 15) is 9.90 Å². The molecule has 0 amide bonds. The summed E-state index contributed by atoms with van der Waals surface area (Å²) in [6.45, 7) is 1.56. The molecule has 31 heavy (non-hydrogen) atoms. The number of imidazole rings is 1. The Hall–Kier alpha value is -3.75. The number of benzene rings is 2. The van der Waals surface area contributed by atoms with Crippen LogP contribution in [0, 0.1) is 0 Å². The normalized spacial score (nSPS) is 13.4. The van der Waals surface area contributed by atoms with Gasteiger partial charge in [0.05, 0.1) is 22.4 Å². The molecule has 154 valence electrons. The van der Waals surface area contributed by atoms with Crippen LogP contribution in [0.5, 0.6) is 0 Å². The molecule has 3 N–H and O–H groups in total. The van der Waals surface area contributed by atoms with E-state index in [1.165, 1.54) is 17.2 Å². The SMILES string of the molecule is CC(O)(Nc1ncnc2nc[nH]c12)c1cc2cccc(Cl)c2c(=O)n1-c1ccccc1. The lowest BCUT2D eigenvalue weighted by molar-refractivity contribution is 0.0811. The second kappa shape index (κ2) is 7.19. The highest BCUT2D eigenvalue weighted by Crippen LogP contribution is 2.30. The van der Waals surface area contributed by atoms with Crippen molar-refractivity contribution in [3.05, 3.63) is 88.3 Å². The van der Waals surface area contributed by atoms with Crippen LogP contribution in [0.15, 0.2) is 72.0 Å². The summed E-state index contributed by atoms with van der Waals surface area (Å²) in [6, 6.07) is 16.1. The summed E-state index contributed by atoms with van der Waals surface area (Å²) in [4.78, 5) is 28.9. The number of aromatic nitrogens is 5. The number of anilines is 1. The van der Waals surface area contributed by atoms with E-state index in [1.807, 2.05) is 18.2 Å². The van der Waals surface area contributed by atoms with Gasteiger partial charge in [0.2, 0.25) is 0 Å². The number of H-pyrrole nitrogens is 1. The number of para-hydroxylation sites is 1. The zero-order valence-corrected chi connectivity index (χ0v) is 17.1. The molecule has 0 spiro atoms. The number of hydrogen-bond donors (Lipinski definition) is 3. The van der Waals surface area contributed by atoms with Gasteiger partial charge >= 0.3 is 0 Å². The molecule has 3 aromatic heterocycles. The molecule has 0 radical (unpaired) electrons. The molecule has 0 aliphatic carbocycles. The summed E-state index contributed by atoms with van der Waals surface area (Å²) < 4.78 is 1.45. The van der Waals surface area contributed by atoms with Crippen LogP contribution < -0.4 is 10.9 Å². The van der Waals surface area contributed by atoms with Gasteiger partial charge in [0.1, 0.15) is 11.8 Å². The summed E-state index contributed by atoms with van der Waals surface area (Å²) in [5, 5.41) is 15.9. The van der Waals surface area contributed by atoms with E-state index in [2.05, 4.69) is 25.3 Å². The van der Waals surface area contributed by atoms with Gasteiger partial charge in [-0.25, -0.2) is 15.0 Å². The van der Waals surface area contributed by atoms with Gasteiger partial charge in [-0.1, -0.05) is 41.9 Å². The largest absolute Gasteiger partial charge is 0.366 e. The van der Waals surface area contributed by atoms with Gasteiger partial charge in [-0.05, 0) is 36.6 Å². The third-order valence-corrected chi connectivity index (χ3v) is 5.41. The predicted molar refractivity (Wildman–Crippen MR) is 119 cm³/mol. The molecular weight excluding hydrogens is 416 g/mol. The summed E-state index contributed by atoms with van der Waals surface area (Å²) in [5.41, 5.74) is -0.0942. The van der Waals surface area contributed by atoms with Crippen molar-refractivity contribution in [2.24, 2.45) is 0 Å². The number of nitrogens with zero attached hydrogens (tertiary/aromatic N) is 4. The average molecular weight is 433 g/mol. The standard InChI is InChI=1S/C22H17ClN6O2/c1-22(31,28-20-18-19(25-11-24-18)26-12-27-20)16-10-13-6-5-9-15(23)17(13)21(30)29(16)14-7-3-2-4-8-14/h2-12,31H,1H3,(H2,24,25,26,27,28). The van der Waals surface area contributed by atoms with Crippen molar-refractivity contribution in [2.45, 2.75) is 12.6 Å². The molecule has 5 rings (SSSR count). The maximum Gasteiger partial charge on any atom is 0.264 e. The number of fused-ring (bicyclic) bond motifs is 2. The molecule has 2 aromatic carbocycles. The monoisotopic (exact) mass is 432 g/mol. The van der Waals surface area contributed by atoms with E-state index >= 15 is 0 Å². The van der Waals surface area contributed by atoms with Crippen molar-refractivity contribution >= 4 is 39.4 Å². The zero-order chi connectivity index (χ0) is 21.6. The molecule has 9 heteroatoms. The smallest absolute Gasteiger partial charge is 0.264 e. The number of halogens is 1. The molecule has 5 aromatic rings. The van der Waals surface area contributed by atoms with Crippen molar-refractivity contribution in [1.82, 2.24) is 24.5 Å². The Morgan fingerprint density at radius 1 is 1.10 bits per heavy atom. The van der Waals surface area contributed by atoms with Gasteiger partial charge in [0, 0.05) is 5.69 Å². The molecule has 0 fully saturated rings. The molecule has 8 nitrogen and oxygen atoms in total. The van der Waals surface area contributed by atoms with E-state index in [1.54, 1.807) is 43.3 Å². The number of rotatable bonds is 4. The molecule has 0 aliphatic rings. The highest BCUT2D eigenvalue weighted by molar-refractivity contribution is 6.35. The highest BCUT2D eigenvalue weighted by Gasteiger charge is 2.30. The van der Waals surface area contributed by atoms with Crippen molar-refractivity contribution in [3.8, 4) is 5.69 Å². The van der Waals surface area contributed by atoms with Crippen LogP contribution in [0.1, 0.15) is 12.6 Å². The number of nitrogens with one attached hydrogen (secondary N) is 2. The number of hydrogen-bond acceptors (Lipinski definition) is 6. The lowest BCUT2D eigenvalue weighted by atomic mass is 10.0. The van der Waals surface area contributed by atoms with E-state index in [4.69, 9.17) is 11.6 Å². The molecule has 0 saturated carbocycles. The van der Waals surface area contributed by atoms with Gasteiger partial charge in [-0.2, -0.15) is 0 Å². The molecule has 1 unspecified atom stereocenters. The lowest BCUT2D eigenvalue weighted by Crippen LogP contribution is -2.38. The Balaban J connectivity index is 1.76. The van der Waals surface area contributed by atoms with Crippen LogP contribution >= 0.6 is 11.6 Å². The van der Waals surface area contributed by atoms with Crippen LogP contribution in [0.2, 0.25) is 5.02 Å². The average Bonchev–Trinajstić information content (AvgIpc) is 3.24.